The second-order valence-corrected chi connectivity index (χ2v) is 6.11. The van der Waals surface area contributed by atoms with Crippen LogP contribution in [-0.2, 0) is 0 Å². The van der Waals surface area contributed by atoms with Crippen LogP contribution >= 0.6 is 22.9 Å². The first-order chi connectivity index (χ1) is 11.6. The Kier molecular flexibility index (Phi) is 4.78. The summed E-state index contributed by atoms with van der Waals surface area (Å²) in [5, 5.41) is 5.00. The number of benzene rings is 2. The van der Waals surface area contributed by atoms with Crippen molar-refractivity contribution >= 4 is 34.0 Å². The average molecular weight is 363 g/mol. The van der Waals surface area contributed by atoms with Gasteiger partial charge in [0.2, 0.25) is 0 Å². The number of ether oxygens (including phenoxy) is 1. The van der Waals surface area contributed by atoms with Crippen LogP contribution in [0.2, 0.25) is 5.02 Å². The number of nitrogens with zero attached hydrogens (tertiary/aromatic N) is 1. The molecular weight excluding hydrogens is 351 g/mol. The van der Waals surface area contributed by atoms with Crippen LogP contribution in [0.5, 0.6) is 5.75 Å². The molecule has 0 fully saturated rings. The fraction of sp³-hybridized carbons (Fsp3) is 0.0588. The van der Waals surface area contributed by atoms with Gasteiger partial charge in [0, 0.05) is 10.9 Å². The monoisotopic (exact) mass is 362 g/mol. The van der Waals surface area contributed by atoms with Crippen LogP contribution in [0, 0.1) is 5.82 Å². The third kappa shape index (κ3) is 3.55. The summed E-state index contributed by atoms with van der Waals surface area (Å²) >= 11 is 7.19. The van der Waals surface area contributed by atoms with E-state index >= 15 is 0 Å². The van der Waals surface area contributed by atoms with Crippen molar-refractivity contribution in [3.8, 4) is 17.0 Å². The van der Waals surface area contributed by atoms with Gasteiger partial charge in [-0.2, -0.15) is 0 Å². The summed E-state index contributed by atoms with van der Waals surface area (Å²) in [6.07, 6.45) is 0. The van der Waals surface area contributed by atoms with E-state index in [4.69, 9.17) is 16.3 Å². The van der Waals surface area contributed by atoms with Crippen molar-refractivity contribution in [3.05, 3.63) is 64.2 Å². The highest BCUT2D eigenvalue weighted by atomic mass is 35.5. The minimum Gasteiger partial charge on any atom is -0.497 e. The third-order valence-electron chi connectivity index (χ3n) is 3.29. The van der Waals surface area contributed by atoms with E-state index in [1.165, 1.54) is 23.5 Å². The lowest BCUT2D eigenvalue weighted by atomic mass is 10.2. The molecular formula is C17H12ClFN2O2S. The number of carbonyl (C=O) groups is 1. The van der Waals surface area contributed by atoms with Crippen LogP contribution in [0.4, 0.5) is 9.52 Å². The summed E-state index contributed by atoms with van der Waals surface area (Å²) in [5.41, 5.74) is 1.84. The van der Waals surface area contributed by atoms with E-state index < -0.39 is 11.7 Å². The number of methoxy groups -OCH3 is 1. The Morgan fingerprint density at radius 3 is 2.67 bits per heavy atom. The predicted octanol–water partition coefficient (Wildman–Crippen LogP) is 4.86. The first-order valence-corrected chi connectivity index (χ1v) is 8.19. The minimum absolute atomic E-state index is 0.0550. The molecule has 0 saturated heterocycles. The number of hydrogen-bond acceptors (Lipinski definition) is 4. The molecule has 0 saturated carbocycles. The number of rotatable bonds is 4. The molecule has 0 aliphatic heterocycles. The molecule has 1 amide bonds. The number of amides is 1. The lowest BCUT2D eigenvalue weighted by molar-refractivity contribution is 0.102. The summed E-state index contributed by atoms with van der Waals surface area (Å²) in [6, 6.07) is 11.1. The molecule has 1 heterocycles. The molecule has 7 heteroatoms. The molecule has 0 unspecified atom stereocenters. The zero-order valence-electron chi connectivity index (χ0n) is 12.5. The summed E-state index contributed by atoms with van der Waals surface area (Å²) in [6.45, 7) is 0. The van der Waals surface area contributed by atoms with Crippen LogP contribution < -0.4 is 10.1 Å². The summed E-state index contributed by atoms with van der Waals surface area (Å²) in [5.74, 6) is -0.170. The van der Waals surface area contributed by atoms with Crippen molar-refractivity contribution in [2.24, 2.45) is 0 Å². The number of halogens is 2. The fourth-order valence-corrected chi connectivity index (χ4v) is 3.03. The molecule has 0 radical (unpaired) electrons. The highest BCUT2D eigenvalue weighted by molar-refractivity contribution is 7.14. The number of hydrogen-bond donors (Lipinski definition) is 1. The van der Waals surface area contributed by atoms with Crippen LogP contribution in [0.3, 0.4) is 0 Å². The summed E-state index contributed by atoms with van der Waals surface area (Å²) in [4.78, 5) is 16.6. The molecule has 0 spiro atoms. The molecule has 0 atom stereocenters. The topological polar surface area (TPSA) is 51.2 Å². The van der Waals surface area contributed by atoms with Crippen LogP contribution in [0.25, 0.3) is 11.3 Å². The van der Waals surface area contributed by atoms with E-state index in [1.807, 2.05) is 29.6 Å². The van der Waals surface area contributed by atoms with E-state index in [0.29, 0.717) is 5.13 Å². The van der Waals surface area contributed by atoms with E-state index in [1.54, 1.807) is 7.11 Å². The molecule has 0 bridgehead atoms. The second kappa shape index (κ2) is 6.98. The summed E-state index contributed by atoms with van der Waals surface area (Å²) in [7, 11) is 1.60. The number of nitrogens with one attached hydrogen (secondary N) is 1. The largest absolute Gasteiger partial charge is 0.497 e. The standard InChI is InChI=1S/C17H12ClFN2O2S/c1-23-12-5-2-10(3-6-12)15-9-24-17(20-15)21-16(22)13-7-4-11(19)8-14(13)18/h2-9H,1H3,(H,20,21,22). The zero-order chi connectivity index (χ0) is 17.1. The molecule has 3 rings (SSSR count). The second-order valence-electron chi connectivity index (χ2n) is 4.84. The Balaban J connectivity index is 1.76. The number of aromatic nitrogens is 1. The van der Waals surface area contributed by atoms with Crippen LogP contribution in [0.15, 0.2) is 47.8 Å². The minimum atomic E-state index is -0.493. The van der Waals surface area contributed by atoms with Gasteiger partial charge in [0.05, 0.1) is 23.4 Å². The summed E-state index contributed by atoms with van der Waals surface area (Å²) < 4.78 is 18.2. The van der Waals surface area contributed by atoms with Crippen molar-refractivity contribution in [1.82, 2.24) is 4.98 Å². The van der Waals surface area contributed by atoms with Crippen molar-refractivity contribution in [3.63, 3.8) is 0 Å². The Morgan fingerprint density at radius 2 is 2.00 bits per heavy atom. The Morgan fingerprint density at radius 1 is 1.25 bits per heavy atom. The van der Waals surface area contributed by atoms with E-state index in [0.717, 1.165) is 23.1 Å². The first kappa shape index (κ1) is 16.4. The van der Waals surface area contributed by atoms with Crippen LogP contribution in [0.1, 0.15) is 10.4 Å². The number of thiazole rings is 1. The molecule has 3 aromatic rings. The average Bonchev–Trinajstić information content (AvgIpc) is 3.03. The maximum atomic E-state index is 13.0. The SMILES string of the molecule is COc1ccc(-c2csc(NC(=O)c3ccc(F)cc3Cl)n2)cc1. The highest BCUT2D eigenvalue weighted by Gasteiger charge is 2.13. The van der Waals surface area contributed by atoms with Gasteiger partial charge in [-0.3, -0.25) is 10.1 Å². The van der Waals surface area contributed by atoms with E-state index in [-0.39, 0.29) is 10.6 Å². The lowest BCUT2D eigenvalue weighted by Crippen LogP contribution is -2.12. The Hall–Kier alpha value is -2.44. The fourth-order valence-electron chi connectivity index (χ4n) is 2.06. The van der Waals surface area contributed by atoms with E-state index in [9.17, 15) is 9.18 Å². The molecule has 0 aliphatic carbocycles. The smallest absolute Gasteiger partial charge is 0.258 e. The Labute approximate surface area is 146 Å². The number of anilines is 1. The van der Waals surface area contributed by atoms with Gasteiger partial charge in [0.15, 0.2) is 5.13 Å². The van der Waals surface area contributed by atoms with Crippen LogP contribution in [-0.4, -0.2) is 18.0 Å². The molecule has 24 heavy (non-hydrogen) atoms. The van der Waals surface area contributed by atoms with Gasteiger partial charge in [0.25, 0.3) is 5.91 Å². The van der Waals surface area contributed by atoms with Crippen molar-refractivity contribution in [2.45, 2.75) is 0 Å². The molecule has 1 N–H and O–H groups in total. The van der Waals surface area contributed by atoms with Crippen molar-refractivity contribution < 1.29 is 13.9 Å². The van der Waals surface area contributed by atoms with Crippen molar-refractivity contribution in [2.75, 3.05) is 12.4 Å². The van der Waals surface area contributed by atoms with Gasteiger partial charge in [-0.25, -0.2) is 9.37 Å². The maximum Gasteiger partial charge on any atom is 0.258 e. The van der Waals surface area contributed by atoms with Gasteiger partial charge < -0.3 is 4.74 Å². The van der Waals surface area contributed by atoms with Gasteiger partial charge in [-0.05, 0) is 42.5 Å². The molecule has 1 aromatic heterocycles. The number of carbonyl (C=O) groups excluding carboxylic acids is 1. The van der Waals surface area contributed by atoms with Gasteiger partial charge in [0.1, 0.15) is 11.6 Å². The predicted molar refractivity (Wildman–Crippen MR) is 93.5 cm³/mol. The maximum absolute atomic E-state index is 13.0. The van der Waals surface area contributed by atoms with Gasteiger partial charge in [-0.1, -0.05) is 11.6 Å². The van der Waals surface area contributed by atoms with Crippen molar-refractivity contribution in [1.29, 1.82) is 0 Å². The van der Waals surface area contributed by atoms with E-state index in [2.05, 4.69) is 10.3 Å². The molecule has 2 aromatic carbocycles. The normalized spacial score (nSPS) is 10.5. The molecule has 4 nitrogen and oxygen atoms in total. The lowest BCUT2D eigenvalue weighted by Gasteiger charge is -2.04. The molecule has 122 valence electrons. The molecule has 0 aliphatic rings. The third-order valence-corrected chi connectivity index (χ3v) is 4.36. The van der Waals surface area contributed by atoms with Gasteiger partial charge >= 0.3 is 0 Å². The first-order valence-electron chi connectivity index (χ1n) is 6.93. The quantitative estimate of drug-likeness (QED) is 0.720. The zero-order valence-corrected chi connectivity index (χ0v) is 14.1. The highest BCUT2D eigenvalue weighted by Crippen LogP contribution is 2.27. The van der Waals surface area contributed by atoms with Gasteiger partial charge in [-0.15, -0.1) is 11.3 Å². The Bertz CT molecular complexity index is 881.